The summed E-state index contributed by atoms with van der Waals surface area (Å²) in [5.41, 5.74) is 1.61. The fraction of sp³-hybridized carbons (Fsp3) is 0.500. The molecule has 4 heteroatoms. The second-order valence-electron chi connectivity index (χ2n) is 6.54. The number of aryl methyl sites for hydroxylation is 2. The molecule has 1 aromatic rings. The van der Waals surface area contributed by atoms with Gasteiger partial charge in [-0.1, -0.05) is 29.3 Å². The molecule has 2 nitrogen and oxygen atoms in total. The van der Waals surface area contributed by atoms with Crippen molar-refractivity contribution in [2.75, 3.05) is 0 Å². The van der Waals surface area contributed by atoms with Crippen molar-refractivity contribution in [3.63, 3.8) is 0 Å². The molecule has 0 saturated carbocycles. The molecule has 0 radical (unpaired) electrons. The van der Waals surface area contributed by atoms with Gasteiger partial charge in [0, 0.05) is 0 Å². The van der Waals surface area contributed by atoms with E-state index < -0.39 is 24.0 Å². The maximum atomic E-state index is 14.4. The van der Waals surface area contributed by atoms with E-state index in [2.05, 4.69) is 6.07 Å². The van der Waals surface area contributed by atoms with Gasteiger partial charge < -0.3 is 9.31 Å². The van der Waals surface area contributed by atoms with E-state index in [1.165, 1.54) is 6.08 Å². The summed E-state index contributed by atoms with van der Waals surface area (Å²) in [6.07, 6.45) is 1.49. The summed E-state index contributed by atoms with van der Waals surface area (Å²) in [7, 11) is -0.930. The monoisotopic (exact) mass is 276 g/mol. The van der Waals surface area contributed by atoms with E-state index in [0.717, 1.165) is 16.7 Å². The van der Waals surface area contributed by atoms with Crippen LogP contribution in [0.15, 0.2) is 23.9 Å². The quantitative estimate of drug-likeness (QED) is 0.752. The third-order valence-electron chi connectivity index (χ3n) is 4.03. The minimum atomic E-state index is -0.930. The molecule has 1 saturated heterocycles. The molecule has 0 unspecified atom stereocenters. The molecule has 0 bridgehead atoms. The number of hydrogen-bond acceptors (Lipinski definition) is 2. The number of benzene rings is 1. The predicted octanol–water partition coefficient (Wildman–Crippen LogP) is 4.25. The van der Waals surface area contributed by atoms with Crippen LogP contribution < -0.4 is 0 Å². The molecule has 0 N–H and O–H groups in total. The van der Waals surface area contributed by atoms with Crippen molar-refractivity contribution in [3.05, 3.63) is 40.6 Å². The Balaban J connectivity index is 2.24. The minimum absolute atomic E-state index is 0.395. The highest BCUT2D eigenvalue weighted by atomic mass is 19.1. The second kappa shape index (κ2) is 5.01. The van der Waals surface area contributed by atoms with Crippen molar-refractivity contribution in [1.82, 2.24) is 0 Å². The first-order valence-electron chi connectivity index (χ1n) is 6.92. The molecule has 0 spiro atoms. The highest BCUT2D eigenvalue weighted by Gasteiger charge is 2.53. The van der Waals surface area contributed by atoms with Crippen molar-refractivity contribution in [1.29, 1.82) is 0 Å². The van der Waals surface area contributed by atoms with Crippen LogP contribution in [0.25, 0.3) is 6.08 Å². The van der Waals surface area contributed by atoms with E-state index in [9.17, 15) is 4.39 Å². The van der Waals surface area contributed by atoms with Crippen LogP contribution >= 0.6 is 0 Å². The zero-order valence-corrected chi connectivity index (χ0v) is 13.1. The minimum Gasteiger partial charge on any atom is -0.398 e. The van der Waals surface area contributed by atoms with Crippen molar-refractivity contribution < 1.29 is 13.7 Å². The van der Waals surface area contributed by atoms with Gasteiger partial charge in [-0.25, -0.2) is 4.39 Å². The summed E-state index contributed by atoms with van der Waals surface area (Å²) < 4.78 is 25.7. The van der Waals surface area contributed by atoms with E-state index in [4.69, 9.17) is 9.31 Å². The van der Waals surface area contributed by atoms with Gasteiger partial charge in [0.2, 0.25) is 0 Å². The Morgan fingerprint density at radius 1 is 1.00 bits per heavy atom. The van der Waals surface area contributed by atoms with Gasteiger partial charge in [-0.3, -0.25) is 0 Å². The summed E-state index contributed by atoms with van der Waals surface area (Å²) in [5, 5.41) is 0. The van der Waals surface area contributed by atoms with Gasteiger partial charge in [-0.2, -0.15) is 0 Å². The molecular weight excluding hydrogens is 254 g/mol. The Morgan fingerprint density at radius 3 is 1.90 bits per heavy atom. The average Bonchev–Trinajstić information content (AvgIpc) is 2.46. The zero-order valence-electron chi connectivity index (χ0n) is 13.1. The molecule has 1 aromatic carbocycles. The van der Waals surface area contributed by atoms with Gasteiger partial charge in [-0.15, -0.1) is 0 Å². The van der Waals surface area contributed by atoms with Gasteiger partial charge in [0.05, 0.1) is 11.2 Å². The summed E-state index contributed by atoms with van der Waals surface area (Å²) in [6.45, 7) is 11.6. The lowest BCUT2D eigenvalue weighted by Gasteiger charge is -2.32. The van der Waals surface area contributed by atoms with Gasteiger partial charge in [0.25, 0.3) is 0 Å². The van der Waals surface area contributed by atoms with Crippen molar-refractivity contribution in [3.8, 4) is 0 Å². The maximum Gasteiger partial charge on any atom is 0.525 e. The molecule has 1 fully saturated rings. The average molecular weight is 276 g/mol. The standard InChI is InChI=1S/C16H22BFO2/c1-11-7-12(2)9-13(8-11)10-14(18)17-19-15(3,4)16(5,6)20-17/h7-10H,1-6H3/b14-10-. The SMILES string of the molecule is Cc1cc(C)cc(/C=C(\F)B2OC(C)(C)C(C)(C)O2)c1. The molecule has 1 aliphatic rings. The highest BCUT2D eigenvalue weighted by molar-refractivity contribution is 6.54. The van der Waals surface area contributed by atoms with E-state index in [1.807, 2.05) is 53.7 Å². The fourth-order valence-corrected chi connectivity index (χ4v) is 2.28. The lowest BCUT2D eigenvalue weighted by molar-refractivity contribution is 0.00578. The third kappa shape index (κ3) is 2.96. The molecule has 1 aliphatic heterocycles. The van der Waals surface area contributed by atoms with Gasteiger partial charge in [0.15, 0.2) is 0 Å². The Hall–Kier alpha value is -1.13. The van der Waals surface area contributed by atoms with E-state index in [0.29, 0.717) is 0 Å². The van der Waals surface area contributed by atoms with E-state index in [-0.39, 0.29) is 0 Å². The van der Waals surface area contributed by atoms with E-state index >= 15 is 0 Å². The van der Waals surface area contributed by atoms with Crippen LogP contribution in [0, 0.1) is 13.8 Å². The van der Waals surface area contributed by atoms with Crippen LogP contribution in [0.1, 0.15) is 44.4 Å². The smallest absolute Gasteiger partial charge is 0.398 e. The first kappa shape index (κ1) is 15.3. The largest absolute Gasteiger partial charge is 0.525 e. The molecule has 0 aromatic heterocycles. The first-order chi connectivity index (χ1) is 9.10. The predicted molar refractivity (Wildman–Crippen MR) is 81.1 cm³/mol. The zero-order chi connectivity index (χ0) is 15.1. The Morgan fingerprint density at radius 2 is 1.45 bits per heavy atom. The third-order valence-corrected chi connectivity index (χ3v) is 4.03. The highest BCUT2D eigenvalue weighted by Crippen LogP contribution is 2.39. The molecule has 1 heterocycles. The molecule has 20 heavy (non-hydrogen) atoms. The van der Waals surface area contributed by atoms with Gasteiger partial charge >= 0.3 is 7.12 Å². The number of rotatable bonds is 2. The Kier molecular flexibility index (Phi) is 3.82. The fourth-order valence-electron chi connectivity index (χ4n) is 2.28. The van der Waals surface area contributed by atoms with Gasteiger partial charge in [0.1, 0.15) is 5.73 Å². The lowest BCUT2D eigenvalue weighted by Crippen LogP contribution is -2.41. The van der Waals surface area contributed by atoms with Crippen molar-refractivity contribution >= 4 is 13.2 Å². The maximum absolute atomic E-state index is 14.4. The Bertz CT molecular complexity index is 513. The normalized spacial score (nSPS) is 21.4. The molecule has 0 atom stereocenters. The van der Waals surface area contributed by atoms with Crippen LogP contribution in [0.3, 0.4) is 0 Å². The number of hydrogen-bond donors (Lipinski definition) is 0. The van der Waals surface area contributed by atoms with Crippen LogP contribution in [0.4, 0.5) is 4.39 Å². The molecule has 2 rings (SSSR count). The topological polar surface area (TPSA) is 18.5 Å². The van der Waals surface area contributed by atoms with Gasteiger partial charge in [-0.05, 0) is 53.2 Å². The van der Waals surface area contributed by atoms with E-state index in [1.54, 1.807) is 0 Å². The summed E-state index contributed by atoms with van der Waals surface area (Å²) in [5.74, 6) is 0. The lowest BCUT2D eigenvalue weighted by atomic mass is 9.86. The van der Waals surface area contributed by atoms with Crippen molar-refractivity contribution in [2.24, 2.45) is 0 Å². The first-order valence-corrected chi connectivity index (χ1v) is 6.92. The van der Waals surface area contributed by atoms with Crippen molar-refractivity contribution in [2.45, 2.75) is 52.7 Å². The molecular formula is C16H22BFO2. The summed E-state index contributed by atoms with van der Waals surface area (Å²) in [6, 6.07) is 5.94. The number of halogens is 1. The molecule has 0 aliphatic carbocycles. The van der Waals surface area contributed by atoms with Crippen LogP contribution in [-0.2, 0) is 9.31 Å². The molecule has 0 amide bonds. The molecule has 108 valence electrons. The summed E-state index contributed by atoms with van der Waals surface area (Å²) in [4.78, 5) is 0. The summed E-state index contributed by atoms with van der Waals surface area (Å²) >= 11 is 0. The van der Waals surface area contributed by atoms with Crippen LogP contribution in [-0.4, -0.2) is 18.3 Å². The second-order valence-corrected chi connectivity index (χ2v) is 6.54. The van der Waals surface area contributed by atoms with Crippen LogP contribution in [0.2, 0.25) is 0 Å². The van der Waals surface area contributed by atoms with Crippen LogP contribution in [0.5, 0.6) is 0 Å². The Labute approximate surface area is 121 Å².